The van der Waals surface area contributed by atoms with Gasteiger partial charge in [-0.15, -0.1) is 10.2 Å². The fourth-order valence-electron chi connectivity index (χ4n) is 3.10. The summed E-state index contributed by atoms with van der Waals surface area (Å²) in [4.78, 5) is 26.0. The number of nitrogens with zero attached hydrogens (tertiary/aromatic N) is 3. The van der Waals surface area contributed by atoms with Gasteiger partial charge in [-0.3, -0.25) is 9.59 Å². The molecule has 1 aromatic carbocycles. The zero-order valence-corrected chi connectivity index (χ0v) is 16.4. The molecule has 0 atom stereocenters. The third-order valence-corrected chi connectivity index (χ3v) is 5.87. The summed E-state index contributed by atoms with van der Waals surface area (Å²) in [7, 11) is 0. The maximum absolute atomic E-state index is 12.6. The van der Waals surface area contributed by atoms with Gasteiger partial charge in [0, 0.05) is 18.5 Å². The van der Waals surface area contributed by atoms with E-state index in [1.807, 2.05) is 26.8 Å². The summed E-state index contributed by atoms with van der Waals surface area (Å²) in [5, 5.41) is 8.32. The summed E-state index contributed by atoms with van der Waals surface area (Å²) in [5.41, 5.74) is 5.29. The first-order chi connectivity index (χ1) is 12.4. The molecule has 0 unspecified atom stereocenters. The van der Waals surface area contributed by atoms with E-state index in [1.165, 1.54) is 17.3 Å². The van der Waals surface area contributed by atoms with Crippen LogP contribution in [0.4, 0.5) is 0 Å². The van der Waals surface area contributed by atoms with Crippen molar-refractivity contribution in [3.8, 4) is 0 Å². The largest absolute Gasteiger partial charge is 0.414 e. The van der Waals surface area contributed by atoms with Crippen LogP contribution < -0.4 is 0 Å². The molecule has 1 amide bonds. The fourth-order valence-corrected chi connectivity index (χ4v) is 3.77. The van der Waals surface area contributed by atoms with Gasteiger partial charge in [0.15, 0.2) is 5.78 Å². The smallest absolute Gasteiger partial charge is 0.277 e. The number of Topliss-reactive ketones (excluding diaryl/α,β-unsaturated/α-hetero) is 1. The Morgan fingerprint density at radius 2 is 1.96 bits per heavy atom. The van der Waals surface area contributed by atoms with Crippen molar-refractivity contribution in [1.82, 2.24) is 15.1 Å². The molecule has 3 rings (SSSR count). The molecule has 1 aliphatic heterocycles. The topological polar surface area (TPSA) is 76.3 Å². The van der Waals surface area contributed by atoms with Gasteiger partial charge in [0.25, 0.3) is 5.22 Å². The van der Waals surface area contributed by atoms with E-state index in [0.29, 0.717) is 24.1 Å². The first-order valence-electron chi connectivity index (χ1n) is 8.70. The molecule has 1 fully saturated rings. The van der Waals surface area contributed by atoms with Crippen molar-refractivity contribution in [3.05, 3.63) is 39.8 Å². The maximum atomic E-state index is 12.6. The van der Waals surface area contributed by atoms with Gasteiger partial charge in [-0.1, -0.05) is 11.8 Å². The van der Waals surface area contributed by atoms with Gasteiger partial charge in [-0.25, -0.2) is 0 Å². The summed E-state index contributed by atoms with van der Waals surface area (Å²) in [6.07, 6.45) is 1.46. The highest BCUT2D eigenvalue weighted by molar-refractivity contribution is 7.99. The lowest BCUT2D eigenvalue weighted by Gasteiger charge is -2.13. The molecule has 0 bridgehead atoms. The second-order valence-electron chi connectivity index (χ2n) is 6.71. The highest BCUT2D eigenvalue weighted by Gasteiger charge is 2.22. The van der Waals surface area contributed by atoms with Gasteiger partial charge in [-0.2, -0.15) is 0 Å². The molecule has 2 aromatic rings. The van der Waals surface area contributed by atoms with Crippen LogP contribution in [0, 0.1) is 27.7 Å². The van der Waals surface area contributed by atoms with Crippen LogP contribution in [0.5, 0.6) is 0 Å². The summed E-state index contributed by atoms with van der Waals surface area (Å²) in [5.74, 6) is 0.822. The van der Waals surface area contributed by atoms with E-state index in [9.17, 15) is 9.59 Å². The number of aryl methyl sites for hydroxylation is 1. The highest BCUT2D eigenvalue weighted by atomic mass is 32.2. The Hall–Kier alpha value is -2.15. The van der Waals surface area contributed by atoms with Crippen molar-refractivity contribution in [3.63, 3.8) is 0 Å². The molecule has 1 aromatic heterocycles. The van der Waals surface area contributed by atoms with E-state index in [1.54, 1.807) is 4.90 Å². The summed E-state index contributed by atoms with van der Waals surface area (Å²) in [6, 6.07) is 1.96. The van der Waals surface area contributed by atoms with Gasteiger partial charge < -0.3 is 9.32 Å². The molecule has 2 heterocycles. The average molecular weight is 373 g/mol. The van der Waals surface area contributed by atoms with Crippen molar-refractivity contribution < 1.29 is 14.0 Å². The molecule has 26 heavy (non-hydrogen) atoms. The Labute approximate surface area is 157 Å². The van der Waals surface area contributed by atoms with Crippen molar-refractivity contribution in [2.75, 3.05) is 12.3 Å². The third kappa shape index (κ3) is 3.82. The predicted octanol–water partition coefficient (Wildman–Crippen LogP) is 3.40. The molecule has 1 saturated heterocycles. The van der Waals surface area contributed by atoms with Gasteiger partial charge in [0.05, 0.1) is 12.3 Å². The molecule has 7 heteroatoms. The Morgan fingerprint density at radius 3 is 2.65 bits per heavy atom. The van der Waals surface area contributed by atoms with E-state index in [4.69, 9.17) is 4.42 Å². The second kappa shape index (κ2) is 7.61. The highest BCUT2D eigenvalue weighted by Crippen LogP contribution is 2.24. The Kier molecular flexibility index (Phi) is 5.46. The van der Waals surface area contributed by atoms with Crippen molar-refractivity contribution in [2.24, 2.45) is 0 Å². The van der Waals surface area contributed by atoms with E-state index >= 15 is 0 Å². The normalized spacial score (nSPS) is 14.3. The second-order valence-corrected chi connectivity index (χ2v) is 7.64. The Bertz CT molecular complexity index is 860. The lowest BCUT2D eigenvalue weighted by Crippen LogP contribution is -2.23. The van der Waals surface area contributed by atoms with Crippen LogP contribution in [0.3, 0.4) is 0 Å². The molecule has 0 N–H and O–H groups in total. The molecule has 0 saturated carbocycles. The van der Waals surface area contributed by atoms with E-state index in [0.717, 1.165) is 35.2 Å². The summed E-state index contributed by atoms with van der Waals surface area (Å²) < 4.78 is 5.57. The number of aromatic nitrogens is 2. The third-order valence-electron chi connectivity index (χ3n) is 5.05. The zero-order valence-electron chi connectivity index (χ0n) is 15.6. The number of likely N-dealkylation sites (tertiary alicyclic amines) is 1. The molecule has 6 nitrogen and oxygen atoms in total. The fraction of sp³-hybridized carbons (Fsp3) is 0.474. The number of amides is 1. The number of hydrogen-bond donors (Lipinski definition) is 0. The van der Waals surface area contributed by atoms with Crippen LogP contribution in [-0.2, 0) is 11.3 Å². The molecule has 1 aliphatic rings. The van der Waals surface area contributed by atoms with Gasteiger partial charge in [-0.05, 0) is 62.4 Å². The first-order valence-corrected chi connectivity index (χ1v) is 9.69. The SMILES string of the molecule is Cc1cc(C(=O)CSc2nnc(CN3CCCC3=O)o2)c(C)c(C)c1C. The lowest BCUT2D eigenvalue weighted by atomic mass is 9.93. The molecule has 0 radical (unpaired) electrons. The quantitative estimate of drug-likeness (QED) is 0.570. The molecule has 0 aliphatic carbocycles. The molecule has 0 spiro atoms. The van der Waals surface area contributed by atoms with Crippen LogP contribution in [0.15, 0.2) is 15.7 Å². The molecule has 138 valence electrons. The van der Waals surface area contributed by atoms with Gasteiger partial charge in [0.2, 0.25) is 11.8 Å². The number of thioether (sulfide) groups is 1. The number of rotatable bonds is 6. The lowest BCUT2D eigenvalue weighted by molar-refractivity contribution is -0.128. The molecular formula is C19H23N3O3S. The number of benzene rings is 1. The van der Waals surface area contributed by atoms with Crippen molar-refractivity contribution in [1.29, 1.82) is 0 Å². The van der Waals surface area contributed by atoms with Crippen LogP contribution in [0.1, 0.15) is 51.3 Å². The number of ketones is 1. The van der Waals surface area contributed by atoms with Crippen LogP contribution in [-0.4, -0.2) is 39.1 Å². The number of carbonyl (C=O) groups is 2. The number of carbonyl (C=O) groups excluding carboxylic acids is 2. The monoisotopic (exact) mass is 373 g/mol. The van der Waals surface area contributed by atoms with E-state index in [-0.39, 0.29) is 17.4 Å². The molecular weight excluding hydrogens is 350 g/mol. The van der Waals surface area contributed by atoms with Gasteiger partial charge >= 0.3 is 0 Å². The van der Waals surface area contributed by atoms with Crippen LogP contribution in [0.25, 0.3) is 0 Å². The van der Waals surface area contributed by atoms with Crippen LogP contribution in [0.2, 0.25) is 0 Å². The minimum absolute atomic E-state index is 0.0492. The van der Waals surface area contributed by atoms with E-state index < -0.39 is 0 Å². The Morgan fingerprint density at radius 1 is 1.19 bits per heavy atom. The minimum atomic E-state index is 0.0492. The first kappa shape index (κ1) is 18.6. The average Bonchev–Trinajstić information content (AvgIpc) is 3.23. The Balaban J connectivity index is 1.63. The standard InChI is InChI=1S/C19H23N3O3S/c1-11-8-15(14(4)13(3)12(11)2)16(23)10-26-19-21-20-17(25-19)9-22-7-5-6-18(22)24/h8H,5-7,9-10H2,1-4H3. The zero-order chi connectivity index (χ0) is 18.8. The predicted molar refractivity (Wildman–Crippen MR) is 99.4 cm³/mol. The number of hydrogen-bond acceptors (Lipinski definition) is 6. The van der Waals surface area contributed by atoms with Gasteiger partial charge in [0.1, 0.15) is 0 Å². The summed E-state index contributed by atoms with van der Waals surface area (Å²) in [6.45, 7) is 9.20. The van der Waals surface area contributed by atoms with E-state index in [2.05, 4.69) is 17.1 Å². The van der Waals surface area contributed by atoms with Crippen molar-refractivity contribution in [2.45, 2.75) is 52.3 Å². The minimum Gasteiger partial charge on any atom is -0.414 e. The summed E-state index contributed by atoms with van der Waals surface area (Å²) >= 11 is 1.23. The van der Waals surface area contributed by atoms with Crippen molar-refractivity contribution >= 4 is 23.5 Å². The maximum Gasteiger partial charge on any atom is 0.277 e. The van der Waals surface area contributed by atoms with Crippen LogP contribution >= 0.6 is 11.8 Å².